The molecule has 3 aromatic rings. The van der Waals surface area contributed by atoms with Crippen LogP contribution in [0.2, 0.25) is 5.02 Å². The molecule has 150 valence electrons. The van der Waals surface area contributed by atoms with E-state index >= 15 is 0 Å². The summed E-state index contributed by atoms with van der Waals surface area (Å²) >= 11 is 5.94. The lowest BCUT2D eigenvalue weighted by atomic mass is 10.0. The van der Waals surface area contributed by atoms with Crippen molar-refractivity contribution in [1.82, 2.24) is 0 Å². The van der Waals surface area contributed by atoms with Gasteiger partial charge in [-0.3, -0.25) is 4.79 Å². The molecule has 2 aromatic carbocycles. The van der Waals surface area contributed by atoms with E-state index in [0.29, 0.717) is 10.6 Å². The number of carbonyl (C=O) groups excluding carboxylic acids is 2. The minimum atomic E-state index is -0.783. The van der Waals surface area contributed by atoms with E-state index in [0.717, 1.165) is 6.07 Å². The number of halogens is 1. The Hall–Kier alpha value is -3.52. The molecule has 29 heavy (non-hydrogen) atoms. The number of ether oxygens (including phenoxy) is 1. The van der Waals surface area contributed by atoms with Crippen molar-refractivity contribution in [2.24, 2.45) is 0 Å². The molecule has 1 aromatic heterocycles. The lowest BCUT2D eigenvalue weighted by Crippen LogP contribution is -2.22. The molecule has 0 aliphatic rings. The number of phenolic OH excluding ortho intramolecular Hbond substituents is 2. The first-order chi connectivity index (χ1) is 13.7. The van der Waals surface area contributed by atoms with Crippen LogP contribution < -0.4 is 10.9 Å². The summed E-state index contributed by atoms with van der Waals surface area (Å²) in [5, 5.41) is 22.7. The van der Waals surface area contributed by atoms with Crippen LogP contribution in [0.1, 0.15) is 21.5 Å². The summed E-state index contributed by atoms with van der Waals surface area (Å²) in [5.41, 5.74) is -0.196. The molecule has 0 aliphatic carbocycles. The summed E-state index contributed by atoms with van der Waals surface area (Å²) in [7, 11) is 1.20. The first-order valence-corrected chi connectivity index (χ1v) is 8.75. The van der Waals surface area contributed by atoms with Crippen molar-refractivity contribution in [2.45, 2.75) is 13.3 Å². The minimum absolute atomic E-state index is 0.00280. The number of benzene rings is 2. The van der Waals surface area contributed by atoms with Crippen LogP contribution in [0.25, 0.3) is 11.0 Å². The van der Waals surface area contributed by atoms with Crippen LogP contribution >= 0.6 is 11.6 Å². The molecule has 0 atom stereocenters. The summed E-state index contributed by atoms with van der Waals surface area (Å²) in [5.74, 6) is -1.82. The average Bonchev–Trinajstić information content (AvgIpc) is 2.64. The van der Waals surface area contributed by atoms with Crippen molar-refractivity contribution < 1.29 is 29.0 Å². The molecule has 0 unspecified atom stereocenters. The number of rotatable bonds is 4. The Morgan fingerprint density at radius 1 is 1.21 bits per heavy atom. The first kappa shape index (κ1) is 20.2. The molecule has 0 radical (unpaired) electrons. The fourth-order valence-electron chi connectivity index (χ4n) is 2.98. The van der Waals surface area contributed by atoms with Crippen LogP contribution in [0.4, 0.5) is 5.69 Å². The maximum absolute atomic E-state index is 12.5. The summed E-state index contributed by atoms with van der Waals surface area (Å²) in [6.45, 7) is 1.55. The van der Waals surface area contributed by atoms with Crippen LogP contribution in [-0.4, -0.2) is 29.2 Å². The van der Waals surface area contributed by atoms with Gasteiger partial charge in [-0.1, -0.05) is 11.6 Å². The summed E-state index contributed by atoms with van der Waals surface area (Å²) in [6.07, 6.45) is -0.377. The molecule has 0 saturated carbocycles. The largest absolute Gasteiger partial charge is 0.508 e. The minimum Gasteiger partial charge on any atom is -0.508 e. The van der Waals surface area contributed by atoms with Crippen LogP contribution in [0.15, 0.2) is 39.5 Å². The molecule has 0 saturated heterocycles. The number of hydrogen-bond donors (Lipinski definition) is 3. The Labute approximate surface area is 169 Å². The number of carbonyl (C=O) groups is 2. The van der Waals surface area contributed by atoms with E-state index in [1.54, 1.807) is 6.92 Å². The Balaban J connectivity index is 1.97. The molecule has 0 fully saturated rings. The Bertz CT molecular complexity index is 1200. The second-order valence-electron chi connectivity index (χ2n) is 6.24. The Kier molecular flexibility index (Phi) is 5.47. The Morgan fingerprint density at radius 2 is 1.93 bits per heavy atom. The van der Waals surface area contributed by atoms with Crippen LogP contribution in [-0.2, 0) is 16.0 Å². The summed E-state index contributed by atoms with van der Waals surface area (Å²) < 4.78 is 9.81. The number of hydrogen-bond acceptors (Lipinski definition) is 7. The highest BCUT2D eigenvalue weighted by molar-refractivity contribution is 6.31. The van der Waals surface area contributed by atoms with Crippen LogP contribution in [0.5, 0.6) is 11.5 Å². The first-order valence-electron chi connectivity index (χ1n) is 8.37. The van der Waals surface area contributed by atoms with Gasteiger partial charge >= 0.3 is 11.6 Å². The van der Waals surface area contributed by atoms with E-state index < -0.39 is 17.5 Å². The van der Waals surface area contributed by atoms with Gasteiger partial charge in [0.15, 0.2) is 0 Å². The number of phenols is 2. The second kappa shape index (κ2) is 7.84. The maximum atomic E-state index is 12.5. The highest BCUT2D eigenvalue weighted by Crippen LogP contribution is 2.32. The fourth-order valence-corrected chi connectivity index (χ4v) is 3.15. The second-order valence-corrected chi connectivity index (χ2v) is 6.67. The molecule has 0 bridgehead atoms. The normalized spacial score (nSPS) is 10.7. The van der Waals surface area contributed by atoms with Gasteiger partial charge in [-0.15, -0.1) is 0 Å². The van der Waals surface area contributed by atoms with Crippen LogP contribution in [0, 0.1) is 6.92 Å². The third-order valence-electron chi connectivity index (χ3n) is 4.34. The number of methoxy groups -OCH3 is 1. The van der Waals surface area contributed by atoms with Crippen molar-refractivity contribution in [1.29, 1.82) is 0 Å². The van der Waals surface area contributed by atoms with E-state index in [1.807, 2.05) is 0 Å². The molecule has 1 amide bonds. The predicted octanol–water partition coefficient (Wildman–Crippen LogP) is 3.13. The predicted molar refractivity (Wildman–Crippen MR) is 106 cm³/mol. The van der Waals surface area contributed by atoms with E-state index in [1.165, 1.54) is 31.4 Å². The Morgan fingerprint density at radius 3 is 2.62 bits per heavy atom. The molecular weight excluding hydrogens is 402 g/mol. The lowest BCUT2D eigenvalue weighted by molar-refractivity contribution is -0.115. The smallest absolute Gasteiger partial charge is 0.340 e. The fraction of sp³-hybridized carbons (Fsp3) is 0.150. The number of nitrogens with one attached hydrogen (secondary N) is 1. The molecule has 3 rings (SSSR count). The average molecular weight is 418 g/mol. The van der Waals surface area contributed by atoms with E-state index in [9.17, 15) is 24.6 Å². The monoisotopic (exact) mass is 417 g/mol. The highest BCUT2D eigenvalue weighted by atomic mass is 35.5. The topological polar surface area (TPSA) is 126 Å². The van der Waals surface area contributed by atoms with Gasteiger partial charge in [0.2, 0.25) is 5.91 Å². The molecule has 1 heterocycles. The van der Waals surface area contributed by atoms with Crippen molar-refractivity contribution >= 4 is 40.1 Å². The lowest BCUT2D eigenvalue weighted by Gasteiger charge is -2.12. The standard InChI is InChI=1S/C20H16ClNO7/c1-9-13(20(27)29-16-7-11(23)6-15(24)18(9)16)8-17(25)22-14-5-10(21)3-4-12(14)19(26)28-2/h3-7,23-24H,8H2,1-2H3,(H,22,25). The SMILES string of the molecule is COC(=O)c1ccc(Cl)cc1NC(=O)Cc1c(C)c2c(O)cc(O)cc2oc1=O. The zero-order chi connectivity index (χ0) is 21.3. The number of aryl methyl sites for hydroxylation is 1. The van der Waals surface area contributed by atoms with Crippen molar-refractivity contribution in [3.05, 3.63) is 62.5 Å². The molecule has 0 aliphatic heterocycles. The van der Waals surface area contributed by atoms with Crippen molar-refractivity contribution in [3.8, 4) is 11.5 Å². The summed E-state index contributed by atoms with van der Waals surface area (Å²) in [4.78, 5) is 36.8. The third kappa shape index (κ3) is 4.02. The van der Waals surface area contributed by atoms with E-state index in [-0.39, 0.29) is 45.7 Å². The number of aromatic hydroxyl groups is 2. The number of anilines is 1. The zero-order valence-electron chi connectivity index (χ0n) is 15.4. The van der Waals surface area contributed by atoms with Gasteiger partial charge in [0.05, 0.1) is 35.7 Å². The molecule has 8 nitrogen and oxygen atoms in total. The van der Waals surface area contributed by atoms with Gasteiger partial charge in [-0.25, -0.2) is 9.59 Å². The van der Waals surface area contributed by atoms with Crippen LogP contribution in [0.3, 0.4) is 0 Å². The van der Waals surface area contributed by atoms with Crippen molar-refractivity contribution in [3.63, 3.8) is 0 Å². The third-order valence-corrected chi connectivity index (χ3v) is 4.58. The van der Waals surface area contributed by atoms with Gasteiger partial charge in [0, 0.05) is 17.2 Å². The van der Waals surface area contributed by atoms with E-state index in [4.69, 9.17) is 16.0 Å². The van der Waals surface area contributed by atoms with Gasteiger partial charge < -0.3 is 24.7 Å². The molecule has 0 spiro atoms. The number of esters is 1. The number of amides is 1. The quantitative estimate of drug-likeness (QED) is 0.439. The van der Waals surface area contributed by atoms with Gasteiger partial charge in [-0.2, -0.15) is 0 Å². The van der Waals surface area contributed by atoms with E-state index in [2.05, 4.69) is 10.1 Å². The maximum Gasteiger partial charge on any atom is 0.340 e. The van der Waals surface area contributed by atoms with Gasteiger partial charge in [0.1, 0.15) is 17.1 Å². The zero-order valence-corrected chi connectivity index (χ0v) is 16.2. The summed E-state index contributed by atoms with van der Waals surface area (Å²) in [6, 6.07) is 6.57. The molecule has 9 heteroatoms. The van der Waals surface area contributed by atoms with Crippen molar-refractivity contribution in [2.75, 3.05) is 12.4 Å². The number of fused-ring (bicyclic) bond motifs is 1. The van der Waals surface area contributed by atoms with Gasteiger partial charge in [0.25, 0.3) is 0 Å². The molecular formula is C20H16ClNO7. The highest BCUT2D eigenvalue weighted by Gasteiger charge is 2.20. The van der Waals surface area contributed by atoms with Gasteiger partial charge in [-0.05, 0) is 30.7 Å². The molecule has 3 N–H and O–H groups in total.